The average Bonchev–Trinajstić information content (AvgIpc) is 2.26. The van der Waals surface area contributed by atoms with Crippen molar-refractivity contribution in [2.24, 2.45) is 5.92 Å². The van der Waals surface area contributed by atoms with Crippen molar-refractivity contribution in [3.63, 3.8) is 0 Å². The lowest BCUT2D eigenvalue weighted by Crippen LogP contribution is -2.42. The van der Waals surface area contributed by atoms with Crippen LogP contribution in [-0.2, 0) is 16.0 Å². The lowest BCUT2D eigenvalue weighted by Gasteiger charge is -2.31. The quantitative estimate of drug-likeness (QED) is 0.850. The molecule has 19 heavy (non-hydrogen) atoms. The third kappa shape index (κ3) is 5.03. The van der Waals surface area contributed by atoms with Crippen molar-refractivity contribution in [2.75, 3.05) is 0 Å². The number of carbonyl (C=O) groups is 1. The molecule has 0 spiro atoms. The van der Waals surface area contributed by atoms with E-state index in [9.17, 15) is 9.90 Å². The van der Waals surface area contributed by atoms with Crippen LogP contribution in [-0.4, -0.2) is 22.3 Å². The van der Waals surface area contributed by atoms with Crippen LogP contribution in [0.5, 0.6) is 0 Å². The van der Waals surface area contributed by atoms with Gasteiger partial charge < -0.3 is 9.84 Å². The van der Waals surface area contributed by atoms with Gasteiger partial charge in [0.1, 0.15) is 5.60 Å². The molecule has 0 bridgehead atoms. The number of rotatable bonds is 4. The molecule has 1 aromatic rings. The first-order valence-electron chi connectivity index (χ1n) is 6.61. The largest absolute Gasteiger partial charge is 0.460 e. The molecule has 1 aromatic carbocycles. The smallest absolute Gasteiger partial charge is 0.312 e. The minimum Gasteiger partial charge on any atom is -0.460 e. The zero-order valence-corrected chi connectivity index (χ0v) is 12.4. The monoisotopic (exact) mass is 264 g/mol. The zero-order chi connectivity index (χ0) is 14.7. The van der Waals surface area contributed by atoms with Crippen molar-refractivity contribution >= 4 is 5.97 Å². The highest BCUT2D eigenvalue weighted by atomic mass is 16.6. The summed E-state index contributed by atoms with van der Waals surface area (Å²) in [5.74, 6) is -0.944. The van der Waals surface area contributed by atoms with Crippen LogP contribution in [0.25, 0.3) is 0 Å². The number of benzene rings is 1. The van der Waals surface area contributed by atoms with Gasteiger partial charge >= 0.3 is 5.97 Å². The maximum atomic E-state index is 12.0. The number of esters is 1. The van der Waals surface area contributed by atoms with Crippen LogP contribution >= 0.6 is 0 Å². The topological polar surface area (TPSA) is 46.5 Å². The number of ether oxygens (including phenoxy) is 1. The highest BCUT2D eigenvalue weighted by Crippen LogP contribution is 2.25. The second kappa shape index (κ2) is 5.74. The predicted molar refractivity (Wildman–Crippen MR) is 75.8 cm³/mol. The van der Waals surface area contributed by atoms with E-state index in [4.69, 9.17) is 4.74 Å². The fourth-order valence-corrected chi connectivity index (χ4v) is 1.81. The third-order valence-electron chi connectivity index (χ3n) is 3.10. The van der Waals surface area contributed by atoms with Crippen molar-refractivity contribution in [2.45, 2.75) is 52.2 Å². The Bertz CT molecular complexity index is 415. The molecule has 0 aliphatic rings. The Labute approximate surface area is 115 Å². The van der Waals surface area contributed by atoms with Gasteiger partial charge in [0.2, 0.25) is 0 Å². The first kappa shape index (κ1) is 15.7. The van der Waals surface area contributed by atoms with Gasteiger partial charge in [-0.1, -0.05) is 30.3 Å². The summed E-state index contributed by atoms with van der Waals surface area (Å²) in [6.07, 6.45) is 0.425. The predicted octanol–water partition coefficient (Wildman–Crippen LogP) is 2.96. The average molecular weight is 264 g/mol. The van der Waals surface area contributed by atoms with E-state index in [1.54, 1.807) is 13.8 Å². The van der Waals surface area contributed by atoms with Gasteiger partial charge in [-0.25, -0.2) is 0 Å². The Balaban J connectivity index is 2.74. The standard InChI is InChI=1S/C16H24O3/c1-12(14(17)19-15(2,3)4)16(5,18)11-13-9-7-6-8-10-13/h6-10,12,18H,11H2,1-5H3. The van der Waals surface area contributed by atoms with E-state index in [0.717, 1.165) is 5.56 Å². The maximum Gasteiger partial charge on any atom is 0.312 e. The molecule has 0 fully saturated rings. The van der Waals surface area contributed by atoms with Gasteiger partial charge in [0.15, 0.2) is 0 Å². The van der Waals surface area contributed by atoms with Crippen LogP contribution in [0.1, 0.15) is 40.2 Å². The SMILES string of the molecule is CC(C(=O)OC(C)(C)C)C(C)(O)Cc1ccccc1. The van der Waals surface area contributed by atoms with Gasteiger partial charge in [0.25, 0.3) is 0 Å². The molecule has 0 aromatic heterocycles. The minimum atomic E-state index is -1.12. The van der Waals surface area contributed by atoms with E-state index in [1.165, 1.54) is 0 Å². The number of aliphatic hydroxyl groups is 1. The Morgan fingerprint density at radius 2 is 1.74 bits per heavy atom. The molecule has 0 aliphatic heterocycles. The van der Waals surface area contributed by atoms with E-state index in [1.807, 2.05) is 51.1 Å². The second-order valence-electron chi connectivity index (χ2n) is 6.27. The summed E-state index contributed by atoms with van der Waals surface area (Å²) >= 11 is 0. The van der Waals surface area contributed by atoms with Gasteiger partial charge in [-0.3, -0.25) is 4.79 Å². The van der Waals surface area contributed by atoms with Gasteiger partial charge in [0.05, 0.1) is 11.5 Å². The molecular formula is C16H24O3. The Kier molecular flexibility index (Phi) is 4.75. The fraction of sp³-hybridized carbons (Fsp3) is 0.562. The summed E-state index contributed by atoms with van der Waals surface area (Å²) < 4.78 is 5.32. The van der Waals surface area contributed by atoms with Gasteiger partial charge in [-0.2, -0.15) is 0 Å². The molecule has 3 nitrogen and oxygen atoms in total. The summed E-state index contributed by atoms with van der Waals surface area (Å²) in [6.45, 7) is 8.85. The molecular weight excluding hydrogens is 240 g/mol. The summed E-state index contributed by atoms with van der Waals surface area (Å²) in [6, 6.07) is 9.65. The van der Waals surface area contributed by atoms with Crippen LogP contribution in [0.3, 0.4) is 0 Å². The van der Waals surface area contributed by atoms with E-state index in [-0.39, 0.29) is 5.97 Å². The van der Waals surface area contributed by atoms with Crippen molar-refractivity contribution < 1.29 is 14.6 Å². The van der Waals surface area contributed by atoms with Crippen molar-refractivity contribution in [3.8, 4) is 0 Å². The maximum absolute atomic E-state index is 12.0. The molecule has 1 N–H and O–H groups in total. The van der Waals surface area contributed by atoms with Crippen LogP contribution in [0.15, 0.2) is 30.3 Å². The minimum absolute atomic E-state index is 0.367. The van der Waals surface area contributed by atoms with Crippen LogP contribution < -0.4 is 0 Å². The molecule has 3 heteroatoms. The van der Waals surface area contributed by atoms with E-state index in [2.05, 4.69) is 0 Å². The fourth-order valence-electron chi connectivity index (χ4n) is 1.81. The summed E-state index contributed by atoms with van der Waals surface area (Å²) in [7, 11) is 0. The third-order valence-corrected chi connectivity index (χ3v) is 3.10. The van der Waals surface area contributed by atoms with Crippen molar-refractivity contribution in [3.05, 3.63) is 35.9 Å². The van der Waals surface area contributed by atoms with Crippen LogP contribution in [0.4, 0.5) is 0 Å². The first-order valence-corrected chi connectivity index (χ1v) is 6.61. The number of hydrogen-bond donors (Lipinski definition) is 1. The Hall–Kier alpha value is -1.35. The van der Waals surface area contributed by atoms with Crippen molar-refractivity contribution in [1.29, 1.82) is 0 Å². The lowest BCUT2D eigenvalue weighted by molar-refractivity contribution is -0.167. The molecule has 2 unspecified atom stereocenters. The first-order chi connectivity index (χ1) is 8.62. The van der Waals surface area contributed by atoms with E-state index in [0.29, 0.717) is 6.42 Å². The molecule has 0 heterocycles. The highest BCUT2D eigenvalue weighted by molar-refractivity contribution is 5.73. The lowest BCUT2D eigenvalue weighted by atomic mass is 9.85. The molecule has 0 saturated heterocycles. The molecule has 1 rings (SSSR count). The highest BCUT2D eigenvalue weighted by Gasteiger charge is 2.36. The van der Waals surface area contributed by atoms with Gasteiger partial charge in [-0.05, 0) is 40.2 Å². The normalized spacial score (nSPS) is 16.5. The number of carbonyl (C=O) groups excluding carboxylic acids is 1. The number of hydrogen-bond acceptors (Lipinski definition) is 3. The summed E-state index contributed by atoms with van der Waals surface area (Å²) in [5.41, 5.74) is -0.652. The molecule has 0 radical (unpaired) electrons. The summed E-state index contributed by atoms with van der Waals surface area (Å²) in [4.78, 5) is 12.0. The molecule has 106 valence electrons. The van der Waals surface area contributed by atoms with Gasteiger partial charge in [0, 0.05) is 6.42 Å². The molecule has 2 atom stereocenters. The summed E-state index contributed by atoms with van der Waals surface area (Å²) in [5, 5.41) is 10.5. The van der Waals surface area contributed by atoms with Crippen LogP contribution in [0, 0.1) is 5.92 Å². The van der Waals surface area contributed by atoms with Crippen LogP contribution in [0.2, 0.25) is 0 Å². The Morgan fingerprint density at radius 1 is 1.21 bits per heavy atom. The van der Waals surface area contributed by atoms with E-state index < -0.39 is 17.1 Å². The molecule has 0 aliphatic carbocycles. The van der Waals surface area contributed by atoms with Gasteiger partial charge in [-0.15, -0.1) is 0 Å². The van der Waals surface area contributed by atoms with E-state index >= 15 is 0 Å². The van der Waals surface area contributed by atoms with Crippen molar-refractivity contribution in [1.82, 2.24) is 0 Å². The second-order valence-corrected chi connectivity index (χ2v) is 6.27. The Morgan fingerprint density at radius 3 is 2.21 bits per heavy atom. The zero-order valence-electron chi connectivity index (χ0n) is 12.4. The molecule has 0 amide bonds. The molecule has 0 saturated carbocycles.